The Balaban J connectivity index is 2.38. The van der Waals surface area contributed by atoms with Crippen molar-refractivity contribution >= 4 is 6.09 Å². The van der Waals surface area contributed by atoms with E-state index in [-0.39, 0.29) is 11.7 Å². The van der Waals surface area contributed by atoms with Gasteiger partial charge in [-0.3, -0.25) is 0 Å². The maximum Gasteiger partial charge on any atom is 0.410 e. The van der Waals surface area contributed by atoms with Gasteiger partial charge in [-0.2, -0.15) is 0 Å². The number of ether oxygens (including phenoxy) is 1. The van der Waals surface area contributed by atoms with Crippen molar-refractivity contribution in [2.75, 3.05) is 13.1 Å². The summed E-state index contributed by atoms with van der Waals surface area (Å²) in [6.45, 7) is 11.9. The van der Waals surface area contributed by atoms with Gasteiger partial charge in [-0.05, 0) is 45.4 Å². The van der Waals surface area contributed by atoms with E-state index in [0.29, 0.717) is 11.8 Å². The molecule has 1 saturated heterocycles. The highest BCUT2D eigenvalue weighted by atomic mass is 16.6. The van der Waals surface area contributed by atoms with Crippen molar-refractivity contribution in [3.8, 4) is 0 Å². The van der Waals surface area contributed by atoms with Crippen LogP contribution in [0.2, 0.25) is 0 Å². The largest absolute Gasteiger partial charge is 0.444 e. The first kappa shape index (κ1) is 13.3. The predicted molar refractivity (Wildman–Crippen MR) is 65.4 cm³/mol. The summed E-state index contributed by atoms with van der Waals surface area (Å²) in [6, 6.07) is 0. The Kier molecular flexibility index (Phi) is 4.22. The molecular formula is C13H25NO2. The predicted octanol–water partition coefficient (Wildman–Crippen LogP) is 3.29. The minimum Gasteiger partial charge on any atom is -0.444 e. The molecule has 3 heteroatoms. The summed E-state index contributed by atoms with van der Waals surface area (Å²) in [5.74, 6) is 1.37. The van der Waals surface area contributed by atoms with Gasteiger partial charge in [-0.15, -0.1) is 0 Å². The average Bonchev–Trinajstić information content (AvgIpc) is 2.48. The smallest absolute Gasteiger partial charge is 0.410 e. The van der Waals surface area contributed by atoms with Crippen LogP contribution in [0.1, 0.15) is 47.5 Å². The Labute approximate surface area is 99.1 Å². The zero-order valence-electron chi connectivity index (χ0n) is 11.2. The lowest BCUT2D eigenvalue weighted by molar-refractivity contribution is 0.0286. The van der Waals surface area contributed by atoms with Gasteiger partial charge in [0.2, 0.25) is 0 Å². The van der Waals surface area contributed by atoms with Crippen LogP contribution in [-0.4, -0.2) is 29.7 Å². The van der Waals surface area contributed by atoms with E-state index in [4.69, 9.17) is 4.74 Å². The molecular weight excluding hydrogens is 202 g/mol. The Bertz CT molecular complexity index is 243. The molecule has 0 aromatic carbocycles. The molecule has 0 bridgehead atoms. The molecule has 0 aliphatic carbocycles. The topological polar surface area (TPSA) is 29.5 Å². The Morgan fingerprint density at radius 3 is 2.56 bits per heavy atom. The number of hydrogen-bond acceptors (Lipinski definition) is 2. The van der Waals surface area contributed by atoms with Crippen LogP contribution in [0.4, 0.5) is 4.79 Å². The molecule has 1 amide bonds. The fourth-order valence-corrected chi connectivity index (χ4v) is 2.18. The van der Waals surface area contributed by atoms with Crippen LogP contribution >= 0.6 is 0 Å². The van der Waals surface area contributed by atoms with E-state index in [1.54, 1.807) is 0 Å². The van der Waals surface area contributed by atoms with Gasteiger partial charge in [0, 0.05) is 13.1 Å². The third-order valence-electron chi connectivity index (χ3n) is 2.74. The number of carbonyl (C=O) groups excluding carboxylic acids is 1. The van der Waals surface area contributed by atoms with Gasteiger partial charge in [0.15, 0.2) is 0 Å². The lowest BCUT2D eigenvalue weighted by Gasteiger charge is -2.24. The van der Waals surface area contributed by atoms with E-state index in [0.717, 1.165) is 19.5 Å². The third kappa shape index (κ3) is 4.42. The monoisotopic (exact) mass is 227 g/mol. The molecule has 0 spiro atoms. The molecule has 1 aliphatic rings. The van der Waals surface area contributed by atoms with E-state index in [9.17, 15) is 4.79 Å². The van der Waals surface area contributed by atoms with Crippen LogP contribution in [0, 0.1) is 11.8 Å². The molecule has 0 saturated carbocycles. The second kappa shape index (κ2) is 5.07. The normalized spacial score (nSPS) is 21.6. The molecule has 1 aliphatic heterocycles. The molecule has 0 N–H and O–H groups in total. The van der Waals surface area contributed by atoms with Crippen molar-refractivity contribution in [3.63, 3.8) is 0 Å². The molecule has 1 fully saturated rings. The van der Waals surface area contributed by atoms with Crippen molar-refractivity contribution < 1.29 is 9.53 Å². The van der Waals surface area contributed by atoms with Crippen molar-refractivity contribution in [3.05, 3.63) is 0 Å². The first-order valence-electron chi connectivity index (χ1n) is 6.26. The van der Waals surface area contributed by atoms with E-state index >= 15 is 0 Å². The van der Waals surface area contributed by atoms with Crippen molar-refractivity contribution in [1.82, 2.24) is 4.90 Å². The molecule has 0 unspecified atom stereocenters. The number of likely N-dealkylation sites (tertiary alicyclic amines) is 1. The summed E-state index contributed by atoms with van der Waals surface area (Å²) >= 11 is 0. The van der Waals surface area contributed by atoms with Crippen molar-refractivity contribution in [2.45, 2.75) is 53.1 Å². The van der Waals surface area contributed by atoms with E-state index < -0.39 is 0 Å². The summed E-state index contributed by atoms with van der Waals surface area (Å²) < 4.78 is 5.36. The summed E-state index contributed by atoms with van der Waals surface area (Å²) in [7, 11) is 0. The Hall–Kier alpha value is -0.730. The average molecular weight is 227 g/mol. The molecule has 1 atom stereocenters. The highest BCUT2D eigenvalue weighted by molar-refractivity contribution is 5.68. The van der Waals surface area contributed by atoms with Gasteiger partial charge in [0.1, 0.15) is 5.60 Å². The first-order chi connectivity index (χ1) is 7.28. The van der Waals surface area contributed by atoms with Crippen LogP contribution < -0.4 is 0 Å². The van der Waals surface area contributed by atoms with Gasteiger partial charge in [-0.25, -0.2) is 4.79 Å². The maximum absolute atomic E-state index is 11.8. The Morgan fingerprint density at radius 2 is 2.06 bits per heavy atom. The first-order valence-corrected chi connectivity index (χ1v) is 6.26. The third-order valence-corrected chi connectivity index (χ3v) is 2.74. The van der Waals surface area contributed by atoms with Crippen molar-refractivity contribution in [2.24, 2.45) is 11.8 Å². The second-order valence-electron chi connectivity index (χ2n) is 6.21. The van der Waals surface area contributed by atoms with Crippen LogP contribution in [0.25, 0.3) is 0 Å². The zero-order chi connectivity index (χ0) is 12.3. The molecule has 94 valence electrons. The van der Waals surface area contributed by atoms with Gasteiger partial charge in [-0.1, -0.05) is 13.8 Å². The highest BCUT2D eigenvalue weighted by Gasteiger charge is 2.29. The summed E-state index contributed by atoms with van der Waals surface area (Å²) in [4.78, 5) is 13.6. The van der Waals surface area contributed by atoms with Crippen LogP contribution in [0.3, 0.4) is 0 Å². The van der Waals surface area contributed by atoms with Gasteiger partial charge in [0.05, 0.1) is 0 Å². The minimum absolute atomic E-state index is 0.154. The number of amides is 1. The quantitative estimate of drug-likeness (QED) is 0.724. The summed E-state index contributed by atoms with van der Waals surface area (Å²) in [6.07, 6.45) is 2.18. The fraction of sp³-hybridized carbons (Fsp3) is 0.923. The SMILES string of the molecule is CC(C)C[C@@H]1CCN(C(=O)OC(C)(C)C)C1. The van der Waals surface area contributed by atoms with Gasteiger partial charge >= 0.3 is 6.09 Å². The molecule has 3 nitrogen and oxygen atoms in total. The van der Waals surface area contributed by atoms with Crippen LogP contribution in [0.15, 0.2) is 0 Å². The molecule has 0 aromatic rings. The van der Waals surface area contributed by atoms with Crippen LogP contribution in [-0.2, 0) is 4.74 Å². The molecule has 0 aromatic heterocycles. The van der Waals surface area contributed by atoms with E-state index in [2.05, 4.69) is 13.8 Å². The number of nitrogens with zero attached hydrogens (tertiary/aromatic N) is 1. The molecule has 0 radical (unpaired) electrons. The lowest BCUT2D eigenvalue weighted by Crippen LogP contribution is -2.35. The number of carbonyl (C=O) groups is 1. The lowest BCUT2D eigenvalue weighted by atomic mass is 9.97. The minimum atomic E-state index is -0.382. The molecule has 16 heavy (non-hydrogen) atoms. The summed E-state index contributed by atoms with van der Waals surface area (Å²) in [5, 5.41) is 0. The van der Waals surface area contributed by atoms with E-state index in [1.807, 2.05) is 25.7 Å². The number of hydrogen-bond donors (Lipinski definition) is 0. The van der Waals surface area contributed by atoms with Gasteiger partial charge < -0.3 is 9.64 Å². The molecule has 1 heterocycles. The zero-order valence-corrected chi connectivity index (χ0v) is 11.2. The van der Waals surface area contributed by atoms with Crippen LogP contribution in [0.5, 0.6) is 0 Å². The van der Waals surface area contributed by atoms with E-state index in [1.165, 1.54) is 6.42 Å². The van der Waals surface area contributed by atoms with Crippen molar-refractivity contribution in [1.29, 1.82) is 0 Å². The second-order valence-corrected chi connectivity index (χ2v) is 6.21. The molecule has 1 rings (SSSR count). The number of rotatable bonds is 2. The fourth-order valence-electron chi connectivity index (χ4n) is 2.18. The Morgan fingerprint density at radius 1 is 1.44 bits per heavy atom. The van der Waals surface area contributed by atoms with Gasteiger partial charge in [0.25, 0.3) is 0 Å². The standard InChI is InChI=1S/C13H25NO2/c1-10(2)8-11-6-7-14(9-11)12(15)16-13(3,4)5/h10-11H,6-9H2,1-5H3/t11-/m0/s1. The highest BCUT2D eigenvalue weighted by Crippen LogP contribution is 2.24. The maximum atomic E-state index is 11.8. The summed E-state index contributed by atoms with van der Waals surface area (Å²) in [5.41, 5.74) is -0.382.